The van der Waals surface area contributed by atoms with Crippen molar-refractivity contribution in [3.8, 4) is 11.5 Å². The largest absolute Gasteiger partial charge is 0.493 e. The molecule has 3 aliphatic rings. The van der Waals surface area contributed by atoms with Crippen molar-refractivity contribution < 1.29 is 19.1 Å². The van der Waals surface area contributed by atoms with Gasteiger partial charge in [-0.2, -0.15) is 0 Å². The van der Waals surface area contributed by atoms with E-state index in [1.165, 1.54) is 12.8 Å². The van der Waals surface area contributed by atoms with E-state index in [-0.39, 0.29) is 17.6 Å². The van der Waals surface area contributed by atoms with Crippen molar-refractivity contribution in [3.05, 3.63) is 23.8 Å². The van der Waals surface area contributed by atoms with Gasteiger partial charge in [-0.1, -0.05) is 5.16 Å². The molecule has 1 saturated carbocycles. The van der Waals surface area contributed by atoms with E-state index in [0.29, 0.717) is 13.0 Å². The minimum atomic E-state index is -0.368. The van der Waals surface area contributed by atoms with Gasteiger partial charge in [-0.15, -0.1) is 0 Å². The van der Waals surface area contributed by atoms with Gasteiger partial charge < -0.3 is 19.2 Å². The second-order valence-electron chi connectivity index (χ2n) is 7.57. The summed E-state index contributed by atoms with van der Waals surface area (Å²) in [4.78, 5) is 19.3. The molecule has 1 amide bonds. The minimum absolute atomic E-state index is 0.0932. The fourth-order valence-electron chi connectivity index (χ4n) is 4.14. The summed E-state index contributed by atoms with van der Waals surface area (Å²) < 4.78 is 11.7. The molecule has 1 atom stereocenters. The van der Waals surface area contributed by atoms with Crippen molar-refractivity contribution in [2.24, 2.45) is 5.16 Å². The van der Waals surface area contributed by atoms with Crippen LogP contribution in [0.4, 0.5) is 0 Å². The average Bonchev–Trinajstić information content (AvgIpc) is 3.38. The summed E-state index contributed by atoms with van der Waals surface area (Å²) in [7, 11) is 1.66. The number of ether oxygens (including phenoxy) is 2. The number of hydrogen-bond donors (Lipinski definition) is 0. The predicted molar refractivity (Wildman–Crippen MR) is 97.7 cm³/mol. The first-order chi connectivity index (χ1) is 12.6. The molecule has 1 aromatic rings. The molecule has 140 valence electrons. The Balaban J connectivity index is 1.50. The molecule has 2 aliphatic heterocycles. The fraction of sp³-hybridized carbons (Fsp3) is 0.600. The normalized spacial score (nSPS) is 25.5. The van der Waals surface area contributed by atoms with Crippen LogP contribution in [0, 0.1) is 0 Å². The Morgan fingerprint density at radius 1 is 1.31 bits per heavy atom. The zero-order chi connectivity index (χ0) is 18.1. The second kappa shape index (κ2) is 6.82. The average molecular weight is 358 g/mol. The quantitative estimate of drug-likeness (QED) is 0.830. The van der Waals surface area contributed by atoms with Gasteiger partial charge in [0, 0.05) is 31.9 Å². The summed E-state index contributed by atoms with van der Waals surface area (Å²) in [5.74, 6) is 1.62. The molecule has 1 aliphatic carbocycles. The highest BCUT2D eigenvalue weighted by molar-refractivity contribution is 6.02. The highest BCUT2D eigenvalue weighted by atomic mass is 16.7. The summed E-state index contributed by atoms with van der Waals surface area (Å²) in [6, 6.07) is 5.94. The molecular formula is C20H26N2O4. The van der Waals surface area contributed by atoms with Crippen molar-refractivity contribution >= 4 is 11.6 Å². The maximum Gasteiger partial charge on any atom is 0.219 e. The number of likely N-dealkylation sites (tertiary alicyclic amines) is 1. The van der Waals surface area contributed by atoms with Gasteiger partial charge in [0.1, 0.15) is 0 Å². The highest BCUT2D eigenvalue weighted by Gasteiger charge is 2.46. The van der Waals surface area contributed by atoms with Crippen LogP contribution in [0.1, 0.15) is 51.0 Å². The lowest BCUT2D eigenvalue weighted by molar-refractivity contribution is -0.129. The van der Waals surface area contributed by atoms with Crippen molar-refractivity contribution in [2.45, 2.75) is 57.2 Å². The molecule has 0 N–H and O–H groups in total. The zero-order valence-electron chi connectivity index (χ0n) is 15.5. The first-order valence-electron chi connectivity index (χ1n) is 9.44. The van der Waals surface area contributed by atoms with Gasteiger partial charge in [0.25, 0.3) is 0 Å². The Kier molecular flexibility index (Phi) is 4.51. The third-order valence-corrected chi connectivity index (χ3v) is 5.69. The van der Waals surface area contributed by atoms with Crippen molar-refractivity contribution in [1.29, 1.82) is 0 Å². The maximum absolute atomic E-state index is 11.6. The van der Waals surface area contributed by atoms with Crippen molar-refractivity contribution in [2.75, 3.05) is 20.2 Å². The summed E-state index contributed by atoms with van der Waals surface area (Å²) >= 11 is 0. The van der Waals surface area contributed by atoms with Crippen LogP contribution in [0.3, 0.4) is 0 Å². The van der Waals surface area contributed by atoms with Crippen LogP contribution < -0.4 is 9.47 Å². The van der Waals surface area contributed by atoms with Gasteiger partial charge in [0.15, 0.2) is 17.1 Å². The molecule has 1 unspecified atom stereocenters. The zero-order valence-corrected chi connectivity index (χ0v) is 15.5. The van der Waals surface area contributed by atoms with Crippen molar-refractivity contribution in [3.63, 3.8) is 0 Å². The van der Waals surface area contributed by atoms with E-state index >= 15 is 0 Å². The van der Waals surface area contributed by atoms with Gasteiger partial charge in [-0.25, -0.2) is 0 Å². The Labute approximate surface area is 154 Å². The van der Waals surface area contributed by atoms with E-state index in [9.17, 15) is 4.79 Å². The van der Waals surface area contributed by atoms with E-state index in [2.05, 4.69) is 5.16 Å². The number of rotatable bonds is 4. The van der Waals surface area contributed by atoms with E-state index in [1.807, 2.05) is 23.1 Å². The topological polar surface area (TPSA) is 60.4 Å². The number of benzene rings is 1. The van der Waals surface area contributed by atoms with Gasteiger partial charge in [-0.05, 0) is 43.9 Å². The first kappa shape index (κ1) is 17.2. The number of hydrogen-bond acceptors (Lipinski definition) is 5. The van der Waals surface area contributed by atoms with Crippen LogP contribution in [-0.4, -0.2) is 48.4 Å². The lowest BCUT2D eigenvalue weighted by Crippen LogP contribution is -2.35. The third kappa shape index (κ3) is 3.24. The SMILES string of the molecule is COc1ccc(C2=NOC3(CCN(C(C)=O)C3)C2)cc1OC1CCCC1. The van der Waals surface area contributed by atoms with Gasteiger partial charge in [0.2, 0.25) is 5.91 Å². The second-order valence-corrected chi connectivity index (χ2v) is 7.57. The Hall–Kier alpha value is -2.24. The van der Waals surface area contributed by atoms with Crippen LogP contribution in [0.15, 0.2) is 23.4 Å². The smallest absolute Gasteiger partial charge is 0.219 e. The number of carbonyl (C=O) groups excluding carboxylic acids is 1. The summed E-state index contributed by atoms with van der Waals surface area (Å²) in [5.41, 5.74) is 1.54. The monoisotopic (exact) mass is 358 g/mol. The molecule has 26 heavy (non-hydrogen) atoms. The molecule has 6 heteroatoms. The molecule has 2 fully saturated rings. The molecular weight excluding hydrogens is 332 g/mol. The molecule has 2 heterocycles. The van der Waals surface area contributed by atoms with E-state index in [0.717, 1.165) is 48.6 Å². The van der Waals surface area contributed by atoms with E-state index < -0.39 is 0 Å². The maximum atomic E-state index is 11.6. The van der Waals surface area contributed by atoms with Gasteiger partial charge in [0.05, 0.1) is 25.5 Å². The number of nitrogens with zero attached hydrogens (tertiary/aromatic N) is 2. The van der Waals surface area contributed by atoms with Crippen LogP contribution >= 0.6 is 0 Å². The Morgan fingerprint density at radius 3 is 2.81 bits per heavy atom. The van der Waals surface area contributed by atoms with Crippen LogP contribution in [0.5, 0.6) is 11.5 Å². The van der Waals surface area contributed by atoms with E-state index in [1.54, 1.807) is 14.0 Å². The number of carbonyl (C=O) groups is 1. The molecule has 0 bridgehead atoms. The molecule has 6 nitrogen and oxygen atoms in total. The minimum Gasteiger partial charge on any atom is -0.493 e. The molecule has 0 radical (unpaired) electrons. The highest BCUT2D eigenvalue weighted by Crippen LogP contribution is 2.38. The van der Waals surface area contributed by atoms with Gasteiger partial charge in [-0.3, -0.25) is 4.79 Å². The summed E-state index contributed by atoms with van der Waals surface area (Å²) in [5, 5.41) is 4.35. The molecule has 1 saturated heterocycles. The van der Waals surface area contributed by atoms with Crippen LogP contribution in [0.2, 0.25) is 0 Å². The Bertz CT molecular complexity index is 727. The number of oxime groups is 1. The Morgan fingerprint density at radius 2 is 2.12 bits per heavy atom. The molecule has 1 aromatic carbocycles. The molecule has 1 spiro atoms. The summed E-state index contributed by atoms with van der Waals surface area (Å²) in [6.45, 7) is 2.94. The molecule has 4 rings (SSSR count). The van der Waals surface area contributed by atoms with Crippen LogP contribution in [0.25, 0.3) is 0 Å². The lowest BCUT2D eigenvalue weighted by atomic mass is 9.93. The third-order valence-electron chi connectivity index (χ3n) is 5.69. The van der Waals surface area contributed by atoms with Gasteiger partial charge >= 0.3 is 0 Å². The molecule has 0 aromatic heterocycles. The van der Waals surface area contributed by atoms with Crippen LogP contribution in [-0.2, 0) is 9.63 Å². The summed E-state index contributed by atoms with van der Waals surface area (Å²) in [6.07, 6.45) is 6.45. The fourth-order valence-corrected chi connectivity index (χ4v) is 4.14. The van der Waals surface area contributed by atoms with Crippen molar-refractivity contribution in [1.82, 2.24) is 4.90 Å². The number of amides is 1. The predicted octanol–water partition coefficient (Wildman–Crippen LogP) is 3.13. The first-order valence-corrected chi connectivity index (χ1v) is 9.44. The lowest BCUT2D eigenvalue weighted by Gasteiger charge is -2.21. The number of methoxy groups -OCH3 is 1. The van der Waals surface area contributed by atoms with E-state index in [4.69, 9.17) is 14.3 Å². The standard InChI is InChI=1S/C20H26N2O4/c1-14(23)22-10-9-20(13-22)12-17(21-26-20)15-7-8-18(24-2)19(11-15)25-16-5-3-4-6-16/h7-8,11,16H,3-6,9-10,12-13H2,1-2H3.